The monoisotopic (exact) mass is 490 g/mol. The summed E-state index contributed by atoms with van der Waals surface area (Å²) in [6, 6.07) is 12.9. The Labute approximate surface area is 191 Å². The van der Waals surface area contributed by atoms with Crippen molar-refractivity contribution in [2.45, 2.75) is 23.6 Å². The Kier molecular flexibility index (Phi) is 6.59. The molecule has 0 atom stereocenters. The van der Waals surface area contributed by atoms with Gasteiger partial charge in [0.2, 0.25) is 15.8 Å². The van der Waals surface area contributed by atoms with Crippen molar-refractivity contribution in [1.29, 1.82) is 0 Å². The van der Waals surface area contributed by atoms with Crippen molar-refractivity contribution >= 4 is 31.6 Å². The van der Waals surface area contributed by atoms with Crippen molar-refractivity contribution in [3.05, 3.63) is 77.1 Å². The first-order chi connectivity index (χ1) is 15.3. The number of primary sulfonamides is 1. The third-order valence-corrected chi connectivity index (χ3v) is 7.03. The lowest BCUT2D eigenvalue weighted by atomic mass is 10.1. The van der Waals surface area contributed by atoms with Crippen LogP contribution in [0.25, 0.3) is 5.69 Å². The zero-order chi connectivity index (χ0) is 24.6. The van der Waals surface area contributed by atoms with Crippen LogP contribution >= 0.6 is 0 Å². The van der Waals surface area contributed by atoms with Gasteiger partial charge in [-0.25, -0.2) is 26.8 Å². The van der Waals surface area contributed by atoms with E-state index in [0.717, 1.165) is 6.26 Å². The summed E-state index contributed by atoms with van der Waals surface area (Å²) in [7, 11) is -7.32. The second-order valence-electron chi connectivity index (χ2n) is 7.46. The summed E-state index contributed by atoms with van der Waals surface area (Å²) in [4.78, 5) is 25.0. The molecule has 1 aromatic heterocycles. The molecular weight excluding hydrogens is 468 g/mol. The molecule has 0 bridgehead atoms. The standard InChI is InChI=1S/C22H22N2O7S2/c1-14-11-20(15(2)24(14)17-7-9-18(10-8-17)33(23,29)30)21(25)13-31-22(26)16-5-4-6-19(12-16)32(3,27)28/h4-12H,13H2,1-3H3,(H2,23,29,30). The minimum absolute atomic E-state index is 0.0196. The van der Waals surface area contributed by atoms with Crippen molar-refractivity contribution in [2.75, 3.05) is 12.9 Å². The Morgan fingerprint density at radius 1 is 0.939 bits per heavy atom. The second kappa shape index (κ2) is 8.93. The molecule has 0 aliphatic carbocycles. The van der Waals surface area contributed by atoms with Gasteiger partial charge in [0.1, 0.15) is 0 Å². The number of carbonyl (C=O) groups excluding carboxylic acids is 2. The van der Waals surface area contributed by atoms with E-state index in [4.69, 9.17) is 9.88 Å². The SMILES string of the molecule is Cc1cc(C(=O)COC(=O)c2cccc(S(C)(=O)=O)c2)c(C)n1-c1ccc(S(N)(=O)=O)cc1. The van der Waals surface area contributed by atoms with Gasteiger partial charge in [0.25, 0.3) is 0 Å². The molecule has 174 valence electrons. The Morgan fingerprint density at radius 2 is 1.58 bits per heavy atom. The molecular formula is C22H22N2O7S2. The summed E-state index contributed by atoms with van der Waals surface area (Å²) in [5, 5.41) is 5.13. The van der Waals surface area contributed by atoms with Gasteiger partial charge in [-0.2, -0.15) is 0 Å². The van der Waals surface area contributed by atoms with E-state index >= 15 is 0 Å². The molecule has 33 heavy (non-hydrogen) atoms. The molecule has 0 spiro atoms. The van der Waals surface area contributed by atoms with Gasteiger partial charge < -0.3 is 9.30 Å². The molecule has 2 aromatic carbocycles. The number of aryl methyl sites for hydroxylation is 1. The molecule has 3 rings (SSSR count). The van der Waals surface area contributed by atoms with E-state index in [1.54, 1.807) is 36.6 Å². The van der Waals surface area contributed by atoms with Crippen LogP contribution in [-0.2, 0) is 24.6 Å². The highest BCUT2D eigenvalue weighted by atomic mass is 32.2. The Bertz CT molecular complexity index is 1450. The molecule has 0 unspecified atom stereocenters. The quantitative estimate of drug-likeness (QED) is 0.395. The fraction of sp³-hybridized carbons (Fsp3) is 0.182. The summed E-state index contributed by atoms with van der Waals surface area (Å²) < 4.78 is 53.1. The minimum atomic E-state index is -3.82. The van der Waals surface area contributed by atoms with E-state index in [0.29, 0.717) is 22.6 Å². The van der Waals surface area contributed by atoms with Crippen molar-refractivity contribution in [1.82, 2.24) is 4.57 Å². The van der Waals surface area contributed by atoms with Gasteiger partial charge in [-0.1, -0.05) is 6.07 Å². The second-order valence-corrected chi connectivity index (χ2v) is 11.0. The third kappa shape index (κ3) is 5.38. The van der Waals surface area contributed by atoms with E-state index in [9.17, 15) is 26.4 Å². The maximum atomic E-state index is 12.7. The summed E-state index contributed by atoms with van der Waals surface area (Å²) in [6.07, 6.45) is 1.03. The molecule has 0 aliphatic heterocycles. The lowest BCUT2D eigenvalue weighted by Crippen LogP contribution is -2.15. The lowest BCUT2D eigenvalue weighted by Gasteiger charge is -2.11. The van der Waals surface area contributed by atoms with E-state index < -0.39 is 38.2 Å². The Balaban J connectivity index is 1.79. The largest absolute Gasteiger partial charge is 0.454 e. The third-order valence-electron chi connectivity index (χ3n) is 4.99. The van der Waals surface area contributed by atoms with Crippen molar-refractivity contribution < 1.29 is 31.2 Å². The van der Waals surface area contributed by atoms with Crippen LogP contribution in [0.2, 0.25) is 0 Å². The highest BCUT2D eigenvalue weighted by molar-refractivity contribution is 7.90. The number of hydrogen-bond donors (Lipinski definition) is 1. The van der Waals surface area contributed by atoms with Crippen LogP contribution < -0.4 is 5.14 Å². The van der Waals surface area contributed by atoms with Crippen LogP contribution in [0, 0.1) is 13.8 Å². The number of carbonyl (C=O) groups is 2. The molecule has 1 heterocycles. The molecule has 0 aliphatic rings. The van der Waals surface area contributed by atoms with Crippen LogP contribution in [0.15, 0.2) is 64.4 Å². The predicted octanol–water partition coefficient (Wildman–Crippen LogP) is 2.18. The number of sulfonamides is 1. The zero-order valence-electron chi connectivity index (χ0n) is 18.1. The number of rotatable bonds is 7. The highest BCUT2D eigenvalue weighted by Crippen LogP contribution is 2.23. The van der Waals surface area contributed by atoms with Crippen LogP contribution in [0.3, 0.4) is 0 Å². The maximum Gasteiger partial charge on any atom is 0.338 e. The first kappa shape index (κ1) is 24.4. The zero-order valence-corrected chi connectivity index (χ0v) is 19.7. The number of aromatic nitrogens is 1. The molecule has 2 N–H and O–H groups in total. The number of ether oxygens (including phenoxy) is 1. The highest BCUT2D eigenvalue weighted by Gasteiger charge is 2.20. The smallest absolute Gasteiger partial charge is 0.338 e. The number of nitrogens with zero attached hydrogens (tertiary/aromatic N) is 1. The molecule has 3 aromatic rings. The number of hydrogen-bond acceptors (Lipinski definition) is 7. The van der Waals surface area contributed by atoms with Gasteiger partial charge in [-0.3, -0.25) is 4.79 Å². The average molecular weight is 491 g/mol. The van der Waals surface area contributed by atoms with E-state index in [-0.39, 0.29) is 15.4 Å². The van der Waals surface area contributed by atoms with Gasteiger partial charge in [0.05, 0.1) is 15.4 Å². The molecule has 0 saturated carbocycles. The van der Waals surface area contributed by atoms with Gasteiger partial charge in [-0.15, -0.1) is 0 Å². The fourth-order valence-electron chi connectivity index (χ4n) is 3.37. The number of esters is 1. The van der Waals surface area contributed by atoms with E-state index in [2.05, 4.69) is 0 Å². The number of sulfone groups is 1. The van der Waals surface area contributed by atoms with Crippen molar-refractivity contribution in [2.24, 2.45) is 5.14 Å². The molecule has 11 heteroatoms. The fourth-order valence-corrected chi connectivity index (χ4v) is 4.56. The normalized spacial score (nSPS) is 11.9. The minimum Gasteiger partial charge on any atom is -0.454 e. The van der Waals surface area contributed by atoms with Gasteiger partial charge in [0.15, 0.2) is 16.4 Å². The van der Waals surface area contributed by atoms with Gasteiger partial charge >= 0.3 is 5.97 Å². The lowest BCUT2D eigenvalue weighted by molar-refractivity contribution is 0.0474. The number of benzene rings is 2. The summed E-state index contributed by atoms with van der Waals surface area (Å²) in [5.41, 5.74) is 2.28. The molecule has 0 saturated heterocycles. The maximum absolute atomic E-state index is 12.7. The van der Waals surface area contributed by atoms with Crippen LogP contribution in [-0.4, -0.2) is 46.0 Å². The summed E-state index contributed by atoms with van der Waals surface area (Å²) >= 11 is 0. The van der Waals surface area contributed by atoms with E-state index in [1.807, 2.05) is 0 Å². The molecule has 0 radical (unpaired) electrons. The van der Waals surface area contributed by atoms with Crippen molar-refractivity contribution in [3.63, 3.8) is 0 Å². The summed E-state index contributed by atoms with van der Waals surface area (Å²) in [5.74, 6) is -1.26. The number of Topliss-reactive ketones (excluding diaryl/α,β-unsaturated/α-hetero) is 1. The van der Waals surface area contributed by atoms with Crippen LogP contribution in [0.5, 0.6) is 0 Å². The summed E-state index contributed by atoms with van der Waals surface area (Å²) in [6.45, 7) is 2.96. The van der Waals surface area contributed by atoms with Crippen molar-refractivity contribution in [3.8, 4) is 5.69 Å². The van der Waals surface area contributed by atoms with E-state index in [1.165, 1.54) is 36.4 Å². The Hall–Kier alpha value is -3.28. The first-order valence-electron chi connectivity index (χ1n) is 9.61. The molecule has 0 amide bonds. The predicted molar refractivity (Wildman–Crippen MR) is 121 cm³/mol. The number of ketones is 1. The van der Waals surface area contributed by atoms with Crippen LogP contribution in [0.4, 0.5) is 0 Å². The van der Waals surface area contributed by atoms with Gasteiger partial charge in [0, 0.05) is 28.9 Å². The molecule has 9 nitrogen and oxygen atoms in total. The average Bonchev–Trinajstić information content (AvgIpc) is 3.04. The van der Waals surface area contributed by atoms with Gasteiger partial charge in [-0.05, 0) is 62.4 Å². The molecule has 0 fully saturated rings. The topological polar surface area (TPSA) is 143 Å². The van der Waals surface area contributed by atoms with Crippen LogP contribution in [0.1, 0.15) is 32.1 Å². The Morgan fingerprint density at radius 3 is 2.15 bits per heavy atom. The first-order valence-corrected chi connectivity index (χ1v) is 13.1. The number of nitrogens with two attached hydrogens (primary N) is 1.